The van der Waals surface area contributed by atoms with E-state index in [1.54, 1.807) is 13.2 Å². The number of benzene rings is 4. The summed E-state index contributed by atoms with van der Waals surface area (Å²) in [6, 6.07) is 28.8. The second kappa shape index (κ2) is 21.4. The second-order valence-corrected chi connectivity index (χ2v) is 26.5. The number of nitro groups is 1. The quantitative estimate of drug-likeness (QED) is 0.0554. The topological polar surface area (TPSA) is 221 Å². The minimum absolute atomic E-state index is 0.103. The fourth-order valence-corrected chi connectivity index (χ4v) is 15.3. The average molecular weight is 1150 g/mol. The highest BCUT2D eigenvalue weighted by atomic mass is 32.2. The molecule has 83 heavy (non-hydrogen) atoms. The number of aromatic amines is 1. The molecule has 4 N–H and O–H groups in total. The van der Waals surface area contributed by atoms with Gasteiger partial charge >= 0.3 is 0 Å². The number of carbonyl (C=O) groups is 1. The SMILES string of the molecule is COc1cc(CN2CCN(C3CC4(C3)CN(c3ccc(C(=O)NS(=O)(=O)c5ccc(NC[C@H]6CC[C@](C)(O)CC6)c([N+](=O)[O-])c5)c(N5c6cc7cc[nH]c7nc6O[C@H]6COCC[C@@H]65)c3)C4)[C@H](c3ccccc3C(C)C)C2)cc2cc(C)oc12. The molecule has 0 radical (unpaired) electrons. The van der Waals surface area contributed by atoms with Crippen molar-refractivity contribution in [1.29, 1.82) is 0 Å². The highest BCUT2D eigenvalue weighted by Gasteiger charge is 2.55. The van der Waals surface area contributed by atoms with Crippen molar-refractivity contribution < 1.29 is 41.9 Å². The number of aromatic nitrogens is 2. The number of pyridine rings is 1. The maximum atomic E-state index is 14.8. The molecule has 3 saturated heterocycles. The number of fused-ring (bicyclic) bond motifs is 4. The number of furan rings is 1. The Morgan fingerprint density at radius 2 is 1.78 bits per heavy atom. The summed E-state index contributed by atoms with van der Waals surface area (Å²) in [6.45, 7) is 14.7. The van der Waals surface area contributed by atoms with Gasteiger partial charge < -0.3 is 43.8 Å². The molecule has 4 aromatic carbocycles. The molecule has 3 aromatic heterocycles. The fraction of sp³-hybridized carbons (Fsp3) is 0.460. The van der Waals surface area contributed by atoms with E-state index in [-0.39, 0.29) is 34.7 Å². The summed E-state index contributed by atoms with van der Waals surface area (Å²) in [7, 11) is -2.95. The van der Waals surface area contributed by atoms with Gasteiger partial charge in [-0.15, -0.1) is 0 Å². The summed E-state index contributed by atoms with van der Waals surface area (Å²) in [5.74, 6) is 1.64. The molecule has 4 aliphatic heterocycles. The molecule has 5 fully saturated rings. The van der Waals surface area contributed by atoms with Crippen LogP contribution in [0.4, 0.5) is 28.4 Å². The number of piperazine rings is 1. The van der Waals surface area contributed by atoms with Gasteiger partial charge in [0.15, 0.2) is 11.3 Å². The number of nitrogens with zero attached hydrogens (tertiary/aromatic N) is 6. The smallest absolute Gasteiger partial charge is 0.293 e. The van der Waals surface area contributed by atoms with Crippen LogP contribution in [0.1, 0.15) is 110 Å². The minimum Gasteiger partial charge on any atom is -0.493 e. The number of hydrogen-bond acceptors (Lipinski definition) is 16. The van der Waals surface area contributed by atoms with Crippen molar-refractivity contribution in [2.24, 2.45) is 11.3 Å². The Labute approximate surface area is 483 Å². The highest BCUT2D eigenvalue weighted by Crippen LogP contribution is 2.54. The van der Waals surface area contributed by atoms with Crippen molar-refractivity contribution in [3.05, 3.63) is 135 Å². The van der Waals surface area contributed by atoms with Crippen LogP contribution in [0.15, 0.2) is 107 Å². The molecule has 1 amide bonds. The van der Waals surface area contributed by atoms with Crippen LogP contribution in [0, 0.1) is 28.4 Å². The number of nitro benzene ring substituents is 1. The Hall–Kier alpha value is -7.23. The van der Waals surface area contributed by atoms with Gasteiger partial charge in [-0.2, -0.15) is 4.98 Å². The Kier molecular flexibility index (Phi) is 14.2. The predicted octanol–water partition coefficient (Wildman–Crippen LogP) is 10.3. The normalized spacial score (nSPS) is 23.8. The molecule has 7 aromatic rings. The number of rotatable bonds is 15. The highest BCUT2D eigenvalue weighted by molar-refractivity contribution is 7.90. The zero-order chi connectivity index (χ0) is 57.5. The standard InChI is InChI=1S/C63H73N9O10S/c1-38(2)47-8-6-7-9-48(47)55-34-68(33-41-25-43-24-39(3)81-58(43)56(26-41)79-5)21-22-70(55)45-30-63(31-45)36-69(37-63)44-10-12-49(52(28-44)71-51-17-23-80-35-57(51)82-61-54(71)27-42-16-20-64-59(42)66-61)60(73)67-83(77,78)46-11-13-50(53(29-46)72(75)76)65-32-40-14-18-62(4,74)19-15-40/h6-13,16,20,24-29,38,40,45,51,55,57,65,74H,14-15,17-19,21-23,30-37H2,1-5H3,(H,64,66)(H,67,73)/t40-,51-,55-,57-,62-/m0/s1. The van der Waals surface area contributed by atoms with E-state index in [2.05, 4.69) is 90.9 Å². The van der Waals surface area contributed by atoms with Gasteiger partial charge in [-0.05, 0) is 148 Å². The van der Waals surface area contributed by atoms with Crippen LogP contribution >= 0.6 is 0 Å². The molecule has 0 unspecified atom stereocenters. The summed E-state index contributed by atoms with van der Waals surface area (Å²) >= 11 is 0. The number of methoxy groups -OCH3 is 1. The summed E-state index contributed by atoms with van der Waals surface area (Å²) in [6.07, 6.45) is 6.80. The van der Waals surface area contributed by atoms with E-state index in [1.165, 1.54) is 28.8 Å². The minimum atomic E-state index is -4.65. The van der Waals surface area contributed by atoms with Crippen molar-refractivity contribution in [1.82, 2.24) is 24.5 Å². The Morgan fingerprint density at radius 1 is 0.976 bits per heavy atom. The molecule has 20 heteroatoms. The first-order valence-electron chi connectivity index (χ1n) is 29.3. The number of ether oxygens (including phenoxy) is 3. The molecule has 1 spiro atoms. The first kappa shape index (κ1) is 55.0. The van der Waals surface area contributed by atoms with Crippen LogP contribution in [0.3, 0.4) is 0 Å². The summed E-state index contributed by atoms with van der Waals surface area (Å²) in [5.41, 5.74) is 6.64. The molecule has 3 atom stereocenters. The third-order valence-electron chi connectivity index (χ3n) is 18.7. The maximum Gasteiger partial charge on any atom is 0.293 e. The van der Waals surface area contributed by atoms with Gasteiger partial charge in [-0.1, -0.05) is 38.1 Å². The van der Waals surface area contributed by atoms with E-state index in [1.807, 2.05) is 44.3 Å². The summed E-state index contributed by atoms with van der Waals surface area (Å²) < 4.78 is 55.2. The Morgan fingerprint density at radius 3 is 2.57 bits per heavy atom. The molecule has 6 aliphatic rings. The number of aliphatic hydroxyl groups is 1. The van der Waals surface area contributed by atoms with Gasteiger partial charge in [0.2, 0.25) is 5.88 Å². The average Bonchev–Trinajstić information content (AvgIpc) is 3.66. The lowest BCUT2D eigenvalue weighted by Crippen LogP contribution is -2.68. The van der Waals surface area contributed by atoms with Crippen molar-refractivity contribution in [3.63, 3.8) is 0 Å². The number of carbonyl (C=O) groups excluding carboxylic acids is 1. The molecule has 2 saturated carbocycles. The van der Waals surface area contributed by atoms with Gasteiger partial charge in [-0.25, -0.2) is 13.1 Å². The number of anilines is 4. The van der Waals surface area contributed by atoms with E-state index < -0.39 is 43.1 Å². The van der Waals surface area contributed by atoms with Crippen molar-refractivity contribution in [3.8, 4) is 11.6 Å². The van der Waals surface area contributed by atoms with Gasteiger partial charge in [0, 0.05) is 98.6 Å². The third-order valence-corrected chi connectivity index (χ3v) is 20.0. The van der Waals surface area contributed by atoms with E-state index in [9.17, 15) is 28.4 Å². The van der Waals surface area contributed by atoms with Crippen LogP contribution in [0.2, 0.25) is 0 Å². The largest absolute Gasteiger partial charge is 0.493 e. The third kappa shape index (κ3) is 10.5. The zero-order valence-electron chi connectivity index (χ0n) is 47.7. The number of sulfonamides is 1. The number of amides is 1. The lowest BCUT2D eigenvalue weighted by Gasteiger charge is -2.63. The molecule has 7 heterocycles. The number of H-pyrrole nitrogens is 1. The monoisotopic (exact) mass is 1150 g/mol. The van der Waals surface area contributed by atoms with Gasteiger partial charge in [-0.3, -0.25) is 24.7 Å². The molecular formula is C63H73N9O10S. The summed E-state index contributed by atoms with van der Waals surface area (Å²) in [5, 5.41) is 27.9. The van der Waals surface area contributed by atoms with Crippen LogP contribution in [0.5, 0.6) is 11.6 Å². The number of aryl methyl sites for hydroxylation is 1. The summed E-state index contributed by atoms with van der Waals surface area (Å²) in [4.78, 5) is 44.1. The molecule has 13 rings (SSSR count). The second-order valence-electron chi connectivity index (χ2n) is 24.8. The fourth-order valence-electron chi connectivity index (χ4n) is 14.3. The molecule has 19 nitrogen and oxygen atoms in total. The van der Waals surface area contributed by atoms with E-state index in [0.29, 0.717) is 73.9 Å². The first-order valence-corrected chi connectivity index (χ1v) is 30.8. The zero-order valence-corrected chi connectivity index (χ0v) is 48.5. The van der Waals surface area contributed by atoms with E-state index >= 15 is 0 Å². The van der Waals surface area contributed by atoms with E-state index in [4.69, 9.17) is 23.6 Å². The van der Waals surface area contributed by atoms with Crippen molar-refractivity contribution >= 4 is 66.4 Å². The van der Waals surface area contributed by atoms with Gasteiger partial charge in [0.1, 0.15) is 28.9 Å². The van der Waals surface area contributed by atoms with Crippen LogP contribution < -0.4 is 29.3 Å². The number of hydrogen-bond donors (Lipinski definition) is 4. The Balaban J connectivity index is 0.766. The molecule has 436 valence electrons. The van der Waals surface area contributed by atoms with Crippen LogP contribution in [-0.4, -0.2) is 128 Å². The lowest BCUT2D eigenvalue weighted by molar-refractivity contribution is -0.384. The maximum absolute atomic E-state index is 14.8. The van der Waals surface area contributed by atoms with Gasteiger partial charge in [0.25, 0.3) is 21.6 Å². The van der Waals surface area contributed by atoms with Gasteiger partial charge in [0.05, 0.1) is 46.4 Å². The van der Waals surface area contributed by atoms with Crippen molar-refractivity contribution in [2.75, 3.05) is 74.7 Å². The predicted molar refractivity (Wildman–Crippen MR) is 318 cm³/mol. The van der Waals surface area contributed by atoms with Crippen LogP contribution in [-0.2, 0) is 21.3 Å². The Bertz CT molecular complexity index is 3740. The van der Waals surface area contributed by atoms with Crippen molar-refractivity contribution in [2.45, 2.75) is 120 Å². The lowest BCUT2D eigenvalue weighted by atomic mass is 9.59. The molecular weight excluding hydrogens is 1070 g/mol. The first-order chi connectivity index (χ1) is 39.9. The van der Waals surface area contributed by atoms with E-state index in [0.717, 1.165) is 105 Å². The molecule has 2 aliphatic carbocycles. The van der Waals surface area contributed by atoms with Crippen LogP contribution in [0.25, 0.3) is 22.0 Å². The molecule has 0 bridgehead atoms. The number of nitrogens with one attached hydrogen (secondary N) is 3.